The fourth-order valence-electron chi connectivity index (χ4n) is 2.69. The fraction of sp³-hybridized carbons (Fsp3) is 0.500. The molecule has 1 heterocycles. The zero-order chi connectivity index (χ0) is 14.5. The molecule has 1 fully saturated rings. The second-order valence-corrected chi connectivity index (χ2v) is 5.53. The Morgan fingerprint density at radius 2 is 1.80 bits per heavy atom. The third-order valence-corrected chi connectivity index (χ3v) is 4.07. The number of benzene rings is 1. The zero-order valence-electron chi connectivity index (χ0n) is 12.0. The number of likely N-dealkylation sites (tertiary alicyclic amines) is 1. The fourth-order valence-corrected chi connectivity index (χ4v) is 2.69. The number of hydrogen-bond donors (Lipinski definition) is 1. The van der Waals surface area contributed by atoms with Crippen molar-refractivity contribution in [2.24, 2.45) is 5.92 Å². The van der Waals surface area contributed by atoms with Gasteiger partial charge in [-0.3, -0.25) is 9.59 Å². The largest absolute Gasteiger partial charge is 0.399 e. The van der Waals surface area contributed by atoms with E-state index in [0.717, 1.165) is 37.9 Å². The van der Waals surface area contributed by atoms with Gasteiger partial charge in [0.2, 0.25) is 5.91 Å². The van der Waals surface area contributed by atoms with Crippen LogP contribution in [0.25, 0.3) is 0 Å². The van der Waals surface area contributed by atoms with E-state index < -0.39 is 0 Å². The Morgan fingerprint density at radius 1 is 1.20 bits per heavy atom. The summed E-state index contributed by atoms with van der Waals surface area (Å²) >= 11 is 0. The van der Waals surface area contributed by atoms with E-state index in [4.69, 9.17) is 5.73 Å². The number of ketones is 1. The van der Waals surface area contributed by atoms with Gasteiger partial charge in [-0.15, -0.1) is 0 Å². The molecule has 0 aliphatic carbocycles. The van der Waals surface area contributed by atoms with Gasteiger partial charge in [0.15, 0.2) is 5.78 Å². The van der Waals surface area contributed by atoms with Crippen molar-refractivity contribution in [3.63, 3.8) is 0 Å². The van der Waals surface area contributed by atoms with Crippen LogP contribution in [0.3, 0.4) is 0 Å². The number of Topliss-reactive ketones (excluding diaryl/α,β-unsaturated/α-hetero) is 1. The molecular weight excluding hydrogens is 252 g/mol. The number of piperidine rings is 1. The number of carbonyl (C=O) groups is 2. The first kappa shape index (κ1) is 14.6. The molecule has 0 atom stereocenters. The summed E-state index contributed by atoms with van der Waals surface area (Å²) in [5, 5.41) is 0. The van der Waals surface area contributed by atoms with Gasteiger partial charge in [0.1, 0.15) is 0 Å². The molecule has 0 saturated carbocycles. The predicted octanol–water partition coefficient (Wildman–Crippen LogP) is 2.49. The summed E-state index contributed by atoms with van der Waals surface area (Å²) in [5.41, 5.74) is 7.03. The van der Waals surface area contributed by atoms with Crippen LogP contribution >= 0.6 is 0 Å². The lowest BCUT2D eigenvalue weighted by molar-refractivity contribution is -0.130. The van der Waals surface area contributed by atoms with Crippen molar-refractivity contribution < 1.29 is 9.59 Å². The number of rotatable bonds is 4. The highest BCUT2D eigenvalue weighted by atomic mass is 16.2. The maximum atomic E-state index is 12.1. The normalized spacial score (nSPS) is 16.1. The maximum Gasteiger partial charge on any atom is 0.219 e. The minimum Gasteiger partial charge on any atom is -0.399 e. The second kappa shape index (κ2) is 6.55. The van der Waals surface area contributed by atoms with Crippen molar-refractivity contribution in [2.75, 3.05) is 18.8 Å². The molecule has 0 aromatic heterocycles. The average molecular weight is 274 g/mol. The van der Waals surface area contributed by atoms with E-state index in [9.17, 15) is 9.59 Å². The van der Waals surface area contributed by atoms with Gasteiger partial charge in [0, 0.05) is 37.7 Å². The van der Waals surface area contributed by atoms with Crippen LogP contribution in [0, 0.1) is 5.92 Å². The number of carbonyl (C=O) groups excluding carboxylic acids is 2. The van der Waals surface area contributed by atoms with Crippen molar-refractivity contribution in [3.05, 3.63) is 29.8 Å². The van der Waals surface area contributed by atoms with Gasteiger partial charge in [-0.05, 0) is 49.4 Å². The van der Waals surface area contributed by atoms with Crippen LogP contribution in [0.2, 0.25) is 0 Å². The highest BCUT2D eigenvalue weighted by Crippen LogP contribution is 2.23. The van der Waals surface area contributed by atoms with Crippen LogP contribution in [0.15, 0.2) is 24.3 Å². The third kappa shape index (κ3) is 3.83. The van der Waals surface area contributed by atoms with Crippen molar-refractivity contribution in [1.29, 1.82) is 0 Å². The number of hydrogen-bond acceptors (Lipinski definition) is 3. The zero-order valence-corrected chi connectivity index (χ0v) is 12.0. The lowest BCUT2D eigenvalue weighted by atomic mass is 9.90. The van der Waals surface area contributed by atoms with Gasteiger partial charge < -0.3 is 10.6 Å². The highest BCUT2D eigenvalue weighted by molar-refractivity contribution is 5.96. The quantitative estimate of drug-likeness (QED) is 0.677. The van der Waals surface area contributed by atoms with E-state index in [1.54, 1.807) is 31.2 Å². The van der Waals surface area contributed by atoms with Gasteiger partial charge in [-0.25, -0.2) is 0 Å². The molecule has 1 aliphatic heterocycles. The maximum absolute atomic E-state index is 12.1. The molecule has 0 unspecified atom stereocenters. The smallest absolute Gasteiger partial charge is 0.219 e. The molecule has 2 rings (SSSR count). The van der Waals surface area contributed by atoms with Gasteiger partial charge in [0.05, 0.1) is 0 Å². The SMILES string of the molecule is CC(=O)N1CCC(CCC(=O)c2ccc(N)cc2)CC1. The van der Waals surface area contributed by atoms with Gasteiger partial charge >= 0.3 is 0 Å². The van der Waals surface area contributed by atoms with E-state index >= 15 is 0 Å². The van der Waals surface area contributed by atoms with Gasteiger partial charge in [-0.2, -0.15) is 0 Å². The Morgan fingerprint density at radius 3 is 2.35 bits per heavy atom. The van der Waals surface area contributed by atoms with E-state index in [-0.39, 0.29) is 11.7 Å². The Balaban J connectivity index is 1.77. The molecule has 1 saturated heterocycles. The van der Waals surface area contributed by atoms with E-state index in [0.29, 0.717) is 18.0 Å². The Hall–Kier alpha value is -1.84. The molecule has 1 amide bonds. The van der Waals surface area contributed by atoms with Crippen LogP contribution in [0.5, 0.6) is 0 Å². The second-order valence-electron chi connectivity index (χ2n) is 5.53. The number of nitrogens with zero attached hydrogens (tertiary/aromatic N) is 1. The Labute approximate surface area is 119 Å². The molecule has 4 heteroatoms. The topological polar surface area (TPSA) is 63.4 Å². The first-order valence-corrected chi connectivity index (χ1v) is 7.20. The lowest BCUT2D eigenvalue weighted by Gasteiger charge is -2.31. The number of anilines is 1. The minimum atomic E-state index is 0.154. The Bertz CT molecular complexity index is 474. The molecule has 1 aromatic carbocycles. The van der Waals surface area contributed by atoms with E-state index in [2.05, 4.69) is 0 Å². The summed E-state index contributed by atoms with van der Waals surface area (Å²) in [4.78, 5) is 25.2. The number of nitrogens with two attached hydrogens (primary N) is 1. The minimum absolute atomic E-state index is 0.154. The van der Waals surface area contributed by atoms with E-state index in [1.807, 2.05) is 4.90 Å². The first-order chi connectivity index (χ1) is 9.56. The highest BCUT2D eigenvalue weighted by Gasteiger charge is 2.21. The molecular formula is C16H22N2O2. The summed E-state index contributed by atoms with van der Waals surface area (Å²) in [7, 11) is 0. The summed E-state index contributed by atoms with van der Waals surface area (Å²) in [6, 6.07) is 7.10. The van der Waals surface area contributed by atoms with Crippen molar-refractivity contribution in [2.45, 2.75) is 32.6 Å². The van der Waals surface area contributed by atoms with Crippen LogP contribution < -0.4 is 5.73 Å². The lowest BCUT2D eigenvalue weighted by Crippen LogP contribution is -2.37. The summed E-state index contributed by atoms with van der Waals surface area (Å²) in [5.74, 6) is 0.892. The summed E-state index contributed by atoms with van der Waals surface area (Å²) < 4.78 is 0. The molecule has 0 radical (unpaired) electrons. The van der Waals surface area contributed by atoms with Crippen LogP contribution in [-0.4, -0.2) is 29.7 Å². The molecule has 1 aromatic rings. The summed E-state index contributed by atoms with van der Waals surface area (Å²) in [6.45, 7) is 3.27. The molecule has 4 nitrogen and oxygen atoms in total. The molecule has 0 bridgehead atoms. The summed E-state index contributed by atoms with van der Waals surface area (Å²) in [6.07, 6.45) is 3.51. The molecule has 0 spiro atoms. The van der Waals surface area contributed by atoms with Crippen molar-refractivity contribution in [3.8, 4) is 0 Å². The molecule has 1 aliphatic rings. The standard InChI is InChI=1S/C16H22N2O2/c1-12(19)18-10-8-13(9-11-18)2-7-16(20)14-3-5-15(17)6-4-14/h3-6,13H,2,7-11,17H2,1H3. The molecule has 20 heavy (non-hydrogen) atoms. The van der Waals surface area contributed by atoms with Crippen LogP contribution in [-0.2, 0) is 4.79 Å². The van der Waals surface area contributed by atoms with Crippen molar-refractivity contribution >= 4 is 17.4 Å². The van der Waals surface area contributed by atoms with Gasteiger partial charge in [0.25, 0.3) is 0 Å². The van der Waals surface area contributed by atoms with E-state index in [1.165, 1.54) is 0 Å². The van der Waals surface area contributed by atoms with Crippen LogP contribution in [0.1, 0.15) is 43.0 Å². The monoisotopic (exact) mass is 274 g/mol. The van der Waals surface area contributed by atoms with Gasteiger partial charge in [-0.1, -0.05) is 0 Å². The van der Waals surface area contributed by atoms with Crippen LogP contribution in [0.4, 0.5) is 5.69 Å². The molecule has 2 N–H and O–H groups in total. The van der Waals surface area contributed by atoms with Crippen molar-refractivity contribution in [1.82, 2.24) is 4.90 Å². The predicted molar refractivity (Wildman–Crippen MR) is 79.4 cm³/mol. The Kier molecular flexibility index (Phi) is 4.77. The third-order valence-electron chi connectivity index (χ3n) is 4.07. The number of amides is 1. The first-order valence-electron chi connectivity index (χ1n) is 7.20. The average Bonchev–Trinajstić information content (AvgIpc) is 2.46. The molecule has 108 valence electrons. The number of nitrogen functional groups attached to an aromatic ring is 1.